The van der Waals surface area contributed by atoms with E-state index < -0.39 is 33.0 Å². The van der Waals surface area contributed by atoms with Gasteiger partial charge in [0.25, 0.3) is 0 Å². The molecule has 2 aliphatic rings. The van der Waals surface area contributed by atoms with Crippen molar-refractivity contribution in [3.8, 4) is 5.88 Å². The van der Waals surface area contributed by atoms with E-state index in [4.69, 9.17) is 10.5 Å². The molecule has 0 radical (unpaired) electrons. The number of aromatic nitrogens is 2. The maximum Gasteiger partial charge on any atom is 0.244 e. The largest absolute Gasteiger partial charge is 0.476 e. The van der Waals surface area contributed by atoms with Gasteiger partial charge in [-0.05, 0) is 57.0 Å². The van der Waals surface area contributed by atoms with Crippen LogP contribution in [0.15, 0.2) is 41.4 Å². The minimum atomic E-state index is -3.73. The Morgan fingerprint density at radius 1 is 1.05 bits per heavy atom. The van der Waals surface area contributed by atoms with Crippen LogP contribution in [-0.4, -0.2) is 78.7 Å². The number of hydrogen-bond donors (Lipinski definition) is 2. The summed E-state index contributed by atoms with van der Waals surface area (Å²) in [5.74, 6) is -2.57. The van der Waals surface area contributed by atoms with Crippen LogP contribution >= 0.6 is 36.2 Å². The molecule has 236 valence electrons. The lowest BCUT2D eigenvalue weighted by molar-refractivity contribution is 0.103. The van der Waals surface area contributed by atoms with Crippen LogP contribution in [0.1, 0.15) is 47.3 Å². The number of hydrogen-bond acceptors (Lipinski definition) is 10. The van der Waals surface area contributed by atoms with Crippen LogP contribution in [0.4, 0.5) is 19.7 Å². The average molecular weight is 680 g/mol. The molecule has 43 heavy (non-hydrogen) atoms. The Labute approximate surface area is 265 Å². The van der Waals surface area contributed by atoms with E-state index in [1.54, 1.807) is 6.07 Å². The number of halogens is 4. The number of nitrogens with one attached hydrogen (secondary N) is 1. The maximum absolute atomic E-state index is 14.1. The van der Waals surface area contributed by atoms with Crippen LogP contribution in [0.5, 0.6) is 5.88 Å². The number of ether oxygens (including phenoxy) is 1. The minimum Gasteiger partial charge on any atom is -0.476 e. The first-order chi connectivity index (χ1) is 19.7. The van der Waals surface area contributed by atoms with Gasteiger partial charge < -0.3 is 15.8 Å². The molecule has 4 heterocycles. The molecule has 0 amide bonds. The summed E-state index contributed by atoms with van der Waals surface area (Å²) in [6.45, 7) is 4.01. The van der Waals surface area contributed by atoms with Gasteiger partial charge in [0, 0.05) is 31.7 Å². The molecular weight excluding hydrogens is 645 g/mol. The summed E-state index contributed by atoms with van der Waals surface area (Å²) in [6, 6.07) is 6.14. The standard InChI is InChI=1S/C27H32F2N6O4S2.2ClH/c28-20-5-4-6-21(29)23(20)24(36)25-26(30)33-27(40-25)32-18-9-13-35(14-10-18)41(37,38)19-7-8-22(31-17-19)39-16-15-34-11-2-1-3-12-34;;/h4-8,17-18H,1-3,9-16,30H2,(H,32,33);2*1H. The van der Waals surface area contributed by atoms with E-state index in [9.17, 15) is 22.0 Å². The topological polar surface area (TPSA) is 131 Å². The predicted octanol–water partition coefficient (Wildman–Crippen LogP) is 4.60. The zero-order valence-corrected chi connectivity index (χ0v) is 26.5. The molecule has 1 aromatic carbocycles. The van der Waals surface area contributed by atoms with Gasteiger partial charge in [0.05, 0.1) is 11.8 Å². The number of pyridine rings is 1. The van der Waals surface area contributed by atoms with E-state index in [2.05, 4.69) is 20.2 Å². The van der Waals surface area contributed by atoms with Crippen molar-refractivity contribution in [1.29, 1.82) is 0 Å². The Bertz CT molecular complexity index is 1460. The molecule has 2 saturated heterocycles. The number of carbonyl (C=O) groups is 1. The molecule has 3 aromatic rings. The van der Waals surface area contributed by atoms with Crippen molar-refractivity contribution in [2.75, 3.05) is 50.4 Å². The van der Waals surface area contributed by atoms with Gasteiger partial charge in [-0.1, -0.05) is 23.8 Å². The Morgan fingerprint density at radius 2 is 1.72 bits per heavy atom. The van der Waals surface area contributed by atoms with Gasteiger partial charge >= 0.3 is 0 Å². The number of carbonyl (C=O) groups excluding carboxylic acids is 1. The second kappa shape index (κ2) is 15.4. The highest BCUT2D eigenvalue weighted by atomic mass is 35.5. The molecule has 0 aliphatic carbocycles. The van der Waals surface area contributed by atoms with Gasteiger partial charge in [-0.2, -0.15) is 4.31 Å². The summed E-state index contributed by atoms with van der Waals surface area (Å²) in [7, 11) is -3.73. The first-order valence-corrected chi connectivity index (χ1v) is 15.8. The number of nitrogens with zero attached hydrogens (tertiary/aromatic N) is 4. The molecular formula is C27H34Cl2F2N6O4S2. The van der Waals surface area contributed by atoms with Gasteiger partial charge in [0.2, 0.25) is 21.7 Å². The van der Waals surface area contributed by atoms with E-state index in [0.29, 0.717) is 30.5 Å². The highest BCUT2D eigenvalue weighted by Gasteiger charge is 2.31. The Balaban J connectivity index is 0.00000253. The number of benzene rings is 1. The van der Waals surface area contributed by atoms with E-state index >= 15 is 0 Å². The third kappa shape index (κ3) is 8.31. The van der Waals surface area contributed by atoms with Crippen molar-refractivity contribution < 1.29 is 26.7 Å². The van der Waals surface area contributed by atoms with Crippen LogP contribution in [-0.2, 0) is 10.0 Å². The van der Waals surface area contributed by atoms with E-state index in [1.165, 1.54) is 41.9 Å². The third-order valence-electron chi connectivity index (χ3n) is 7.28. The fourth-order valence-electron chi connectivity index (χ4n) is 5.02. The predicted molar refractivity (Wildman–Crippen MR) is 166 cm³/mol. The number of likely N-dealkylation sites (tertiary alicyclic amines) is 1. The summed E-state index contributed by atoms with van der Waals surface area (Å²) in [5, 5.41) is 3.50. The number of ketones is 1. The van der Waals surface area contributed by atoms with Crippen molar-refractivity contribution in [3.05, 3.63) is 58.6 Å². The molecule has 0 spiro atoms. The number of nitrogen functional groups attached to an aromatic ring is 1. The monoisotopic (exact) mass is 678 g/mol. The van der Waals surface area contributed by atoms with E-state index in [1.807, 2.05) is 0 Å². The first-order valence-electron chi connectivity index (χ1n) is 13.6. The summed E-state index contributed by atoms with van der Waals surface area (Å²) in [4.78, 5) is 23.5. The van der Waals surface area contributed by atoms with Crippen molar-refractivity contribution in [1.82, 2.24) is 19.2 Å². The van der Waals surface area contributed by atoms with Gasteiger partial charge in [-0.15, -0.1) is 24.8 Å². The molecule has 0 saturated carbocycles. The summed E-state index contributed by atoms with van der Waals surface area (Å²) < 4.78 is 61.7. The molecule has 0 atom stereocenters. The normalized spacial score (nSPS) is 16.6. The van der Waals surface area contributed by atoms with Crippen LogP contribution in [0.25, 0.3) is 0 Å². The highest BCUT2D eigenvalue weighted by molar-refractivity contribution is 7.89. The molecule has 2 aliphatic heterocycles. The van der Waals surface area contributed by atoms with Crippen LogP contribution in [0.3, 0.4) is 0 Å². The minimum absolute atomic E-state index is 0. The number of sulfonamides is 1. The second-order valence-electron chi connectivity index (χ2n) is 10.1. The van der Waals surface area contributed by atoms with Gasteiger partial charge in [-0.3, -0.25) is 9.69 Å². The molecule has 16 heteroatoms. The molecule has 5 rings (SSSR count). The van der Waals surface area contributed by atoms with Gasteiger partial charge in [0.1, 0.15) is 33.8 Å². The second-order valence-corrected chi connectivity index (χ2v) is 13.0. The van der Waals surface area contributed by atoms with Crippen molar-refractivity contribution >= 4 is 62.9 Å². The maximum atomic E-state index is 14.1. The number of piperidine rings is 2. The van der Waals surface area contributed by atoms with Crippen molar-refractivity contribution in [3.63, 3.8) is 0 Å². The Kier molecular flexibility index (Phi) is 12.5. The highest BCUT2D eigenvalue weighted by Crippen LogP contribution is 2.31. The lowest BCUT2D eigenvalue weighted by atomic mass is 10.1. The number of rotatable bonds is 10. The fourth-order valence-corrected chi connectivity index (χ4v) is 7.34. The molecule has 10 nitrogen and oxygen atoms in total. The Hall–Kier alpha value is -2.62. The lowest BCUT2D eigenvalue weighted by Crippen LogP contribution is -2.42. The summed E-state index contributed by atoms with van der Waals surface area (Å²) >= 11 is 0.907. The van der Waals surface area contributed by atoms with Crippen LogP contribution in [0, 0.1) is 11.6 Å². The summed E-state index contributed by atoms with van der Waals surface area (Å²) in [5.41, 5.74) is 5.21. The van der Waals surface area contributed by atoms with E-state index in [-0.39, 0.29) is 59.5 Å². The lowest BCUT2D eigenvalue weighted by Gasteiger charge is -2.31. The van der Waals surface area contributed by atoms with Gasteiger partial charge in [0.15, 0.2) is 5.13 Å². The SMILES string of the molecule is Cl.Cl.Nc1nc(NC2CCN(S(=O)(=O)c3ccc(OCCN4CCCCC4)nc3)CC2)sc1C(=O)c1c(F)cccc1F. The summed E-state index contributed by atoms with van der Waals surface area (Å²) in [6.07, 6.45) is 5.97. The smallest absolute Gasteiger partial charge is 0.244 e. The molecule has 3 N–H and O–H groups in total. The molecule has 2 aromatic heterocycles. The molecule has 2 fully saturated rings. The van der Waals surface area contributed by atoms with Crippen molar-refractivity contribution in [2.45, 2.75) is 43.0 Å². The zero-order valence-electron chi connectivity index (χ0n) is 23.2. The molecule has 0 unspecified atom stereocenters. The van der Waals surface area contributed by atoms with Crippen LogP contribution < -0.4 is 15.8 Å². The Morgan fingerprint density at radius 3 is 2.35 bits per heavy atom. The number of anilines is 2. The van der Waals surface area contributed by atoms with Crippen molar-refractivity contribution in [2.24, 2.45) is 0 Å². The molecule has 0 bridgehead atoms. The van der Waals surface area contributed by atoms with Crippen LogP contribution in [0.2, 0.25) is 0 Å². The average Bonchev–Trinajstić information content (AvgIpc) is 3.33. The first kappa shape index (κ1) is 34.9. The number of thiazole rings is 1. The zero-order chi connectivity index (χ0) is 29.0. The number of nitrogens with two attached hydrogens (primary N) is 1. The quantitative estimate of drug-likeness (QED) is 0.295. The third-order valence-corrected chi connectivity index (χ3v) is 10.2. The van der Waals surface area contributed by atoms with Gasteiger partial charge in [-0.25, -0.2) is 27.2 Å². The van der Waals surface area contributed by atoms with E-state index in [0.717, 1.165) is 43.1 Å². The fraction of sp³-hybridized carbons (Fsp3) is 0.444.